The topological polar surface area (TPSA) is 107 Å². The predicted octanol–water partition coefficient (Wildman–Crippen LogP) is 2.44. The van der Waals surface area contributed by atoms with E-state index in [0.717, 1.165) is 36.6 Å². The van der Waals surface area contributed by atoms with Gasteiger partial charge in [-0.25, -0.2) is 9.78 Å². The van der Waals surface area contributed by atoms with E-state index in [9.17, 15) is 14.4 Å². The molecule has 27 heavy (non-hydrogen) atoms. The molecule has 144 valence electrons. The number of hydrogen-bond donors (Lipinski definition) is 2. The molecule has 0 fully saturated rings. The van der Waals surface area contributed by atoms with Crippen molar-refractivity contribution >= 4 is 45.3 Å². The zero-order chi connectivity index (χ0) is 19.7. The number of amides is 3. The molecular formula is C18H22N4O3S2. The molecule has 0 bridgehead atoms. The molecule has 2 aromatic heterocycles. The Hall–Kier alpha value is -2.13. The van der Waals surface area contributed by atoms with Gasteiger partial charge in [0.25, 0.3) is 5.56 Å². The number of allylic oxidation sites excluding steroid dienone is 1. The highest BCUT2D eigenvalue weighted by Gasteiger charge is 2.26. The third-order valence-electron chi connectivity index (χ3n) is 4.59. The maximum absolute atomic E-state index is 13.2. The van der Waals surface area contributed by atoms with Crippen LogP contribution >= 0.6 is 23.1 Å². The summed E-state index contributed by atoms with van der Waals surface area (Å²) in [7, 11) is 0. The molecule has 0 spiro atoms. The molecule has 2 atom stereocenters. The highest BCUT2D eigenvalue weighted by atomic mass is 32.2. The highest BCUT2D eigenvalue weighted by Crippen LogP contribution is 2.36. The maximum Gasteiger partial charge on any atom is 0.318 e. The standard InChI is InChI=1S/C18H22N4O3S2/c1-4-7-22-16(24)13-11-6-5-9(2)8-12(11)27-15(13)21-18(22)26-10(3)14(23)20-17(19)25/h4,9-10H,1,5-8H2,2-3H3,(H3,19,20,23,25)/t9-,10-/m0/s1. The van der Waals surface area contributed by atoms with Crippen molar-refractivity contribution in [3.05, 3.63) is 33.4 Å². The van der Waals surface area contributed by atoms with Crippen LogP contribution in [0.15, 0.2) is 22.6 Å². The molecule has 0 saturated heterocycles. The van der Waals surface area contributed by atoms with Crippen LogP contribution in [0.5, 0.6) is 0 Å². The van der Waals surface area contributed by atoms with Gasteiger partial charge >= 0.3 is 6.03 Å². The summed E-state index contributed by atoms with van der Waals surface area (Å²) < 4.78 is 1.54. The van der Waals surface area contributed by atoms with Gasteiger partial charge in [-0.2, -0.15) is 0 Å². The summed E-state index contributed by atoms with van der Waals surface area (Å²) in [5.74, 6) is 0.0821. The van der Waals surface area contributed by atoms with Crippen molar-refractivity contribution in [3.8, 4) is 0 Å². The van der Waals surface area contributed by atoms with Gasteiger partial charge in [-0.15, -0.1) is 17.9 Å². The Morgan fingerprint density at radius 2 is 2.30 bits per heavy atom. The Labute approximate surface area is 165 Å². The Bertz CT molecular complexity index is 979. The summed E-state index contributed by atoms with van der Waals surface area (Å²) in [4.78, 5) is 42.7. The number of thiophene rings is 1. The second-order valence-electron chi connectivity index (χ2n) is 6.74. The third kappa shape index (κ3) is 3.93. The normalized spacial score (nSPS) is 17.3. The third-order valence-corrected chi connectivity index (χ3v) is 6.83. The van der Waals surface area contributed by atoms with E-state index in [2.05, 4.69) is 23.8 Å². The van der Waals surface area contributed by atoms with Gasteiger partial charge in [-0.1, -0.05) is 24.8 Å². The second kappa shape index (κ2) is 7.85. The number of carbonyl (C=O) groups excluding carboxylic acids is 2. The van der Waals surface area contributed by atoms with Gasteiger partial charge in [0.15, 0.2) is 5.16 Å². The molecule has 3 amide bonds. The first-order valence-corrected chi connectivity index (χ1v) is 10.4. The van der Waals surface area contributed by atoms with Gasteiger partial charge in [-0.3, -0.25) is 19.5 Å². The Balaban J connectivity index is 2.06. The molecule has 3 rings (SSSR count). The number of thioether (sulfide) groups is 1. The average Bonchev–Trinajstić information content (AvgIpc) is 2.94. The number of nitrogens with zero attached hydrogens (tertiary/aromatic N) is 2. The molecular weight excluding hydrogens is 384 g/mol. The summed E-state index contributed by atoms with van der Waals surface area (Å²) in [5.41, 5.74) is 6.03. The molecule has 0 aromatic carbocycles. The zero-order valence-corrected chi connectivity index (χ0v) is 16.9. The van der Waals surface area contributed by atoms with E-state index >= 15 is 0 Å². The SMILES string of the molecule is C=CCn1c(S[C@@H](C)C(=O)NC(N)=O)nc2sc3c(c2c1=O)CC[C@H](C)C3. The molecule has 3 N–H and O–H groups in total. The van der Waals surface area contributed by atoms with E-state index in [4.69, 9.17) is 5.73 Å². The number of hydrogen-bond acceptors (Lipinski definition) is 6. The van der Waals surface area contributed by atoms with Crippen molar-refractivity contribution in [1.82, 2.24) is 14.9 Å². The minimum absolute atomic E-state index is 0.100. The van der Waals surface area contributed by atoms with E-state index < -0.39 is 17.2 Å². The van der Waals surface area contributed by atoms with Crippen LogP contribution in [0.4, 0.5) is 4.79 Å². The number of nitrogens with two attached hydrogens (primary N) is 1. The molecule has 9 heteroatoms. The fourth-order valence-corrected chi connectivity index (χ4v) is 5.56. The molecule has 2 aromatic rings. The van der Waals surface area contributed by atoms with Crippen molar-refractivity contribution in [2.24, 2.45) is 11.7 Å². The van der Waals surface area contributed by atoms with Gasteiger partial charge < -0.3 is 5.73 Å². The quantitative estimate of drug-likeness (QED) is 0.451. The first-order valence-electron chi connectivity index (χ1n) is 8.74. The van der Waals surface area contributed by atoms with Crippen LogP contribution in [0.25, 0.3) is 10.2 Å². The summed E-state index contributed by atoms with van der Waals surface area (Å²) in [6.07, 6.45) is 4.57. The lowest BCUT2D eigenvalue weighted by Gasteiger charge is -2.18. The van der Waals surface area contributed by atoms with E-state index in [1.807, 2.05) is 0 Å². The smallest absolute Gasteiger partial charge is 0.318 e. The van der Waals surface area contributed by atoms with Crippen LogP contribution in [-0.2, 0) is 24.2 Å². The van der Waals surface area contributed by atoms with Crippen molar-refractivity contribution in [3.63, 3.8) is 0 Å². The molecule has 1 aliphatic carbocycles. The minimum atomic E-state index is -0.903. The maximum atomic E-state index is 13.2. The molecule has 0 saturated carbocycles. The van der Waals surface area contributed by atoms with Crippen molar-refractivity contribution in [2.75, 3.05) is 0 Å². The lowest BCUT2D eigenvalue weighted by Crippen LogP contribution is -2.39. The lowest BCUT2D eigenvalue weighted by atomic mass is 9.89. The molecule has 2 heterocycles. The van der Waals surface area contributed by atoms with Crippen LogP contribution in [0.2, 0.25) is 0 Å². The number of aromatic nitrogens is 2. The number of aryl methyl sites for hydroxylation is 1. The fourth-order valence-electron chi connectivity index (χ4n) is 3.22. The Morgan fingerprint density at radius 3 is 2.96 bits per heavy atom. The molecule has 1 aliphatic rings. The molecule has 0 radical (unpaired) electrons. The highest BCUT2D eigenvalue weighted by molar-refractivity contribution is 8.00. The monoisotopic (exact) mass is 406 g/mol. The predicted molar refractivity (Wildman–Crippen MR) is 108 cm³/mol. The van der Waals surface area contributed by atoms with Crippen LogP contribution in [0.1, 0.15) is 30.7 Å². The summed E-state index contributed by atoms with van der Waals surface area (Å²) >= 11 is 2.69. The van der Waals surface area contributed by atoms with Crippen LogP contribution in [0.3, 0.4) is 0 Å². The van der Waals surface area contributed by atoms with Crippen LogP contribution in [0, 0.1) is 5.92 Å². The van der Waals surface area contributed by atoms with Crippen molar-refractivity contribution in [1.29, 1.82) is 0 Å². The van der Waals surface area contributed by atoms with Gasteiger partial charge in [0.05, 0.1) is 10.6 Å². The number of primary amides is 1. The van der Waals surface area contributed by atoms with Gasteiger partial charge in [0.1, 0.15) is 4.83 Å². The largest absolute Gasteiger partial charge is 0.351 e. The minimum Gasteiger partial charge on any atom is -0.351 e. The van der Waals surface area contributed by atoms with Crippen molar-refractivity contribution < 1.29 is 9.59 Å². The first kappa shape index (κ1) is 19.6. The number of imide groups is 1. The number of fused-ring (bicyclic) bond motifs is 3. The van der Waals surface area contributed by atoms with Crippen molar-refractivity contribution in [2.45, 2.75) is 50.1 Å². The van der Waals surface area contributed by atoms with Crippen LogP contribution < -0.4 is 16.6 Å². The molecule has 7 nitrogen and oxygen atoms in total. The average molecular weight is 407 g/mol. The zero-order valence-electron chi connectivity index (χ0n) is 15.3. The first-order chi connectivity index (χ1) is 12.8. The number of carbonyl (C=O) groups is 2. The van der Waals surface area contributed by atoms with Gasteiger partial charge in [0.2, 0.25) is 5.91 Å². The molecule has 0 unspecified atom stereocenters. The summed E-state index contributed by atoms with van der Waals surface area (Å²) in [6, 6.07) is -0.903. The molecule has 0 aliphatic heterocycles. The number of urea groups is 1. The van der Waals surface area contributed by atoms with E-state index in [0.29, 0.717) is 27.8 Å². The summed E-state index contributed by atoms with van der Waals surface area (Å²) in [5, 5.41) is 2.56. The number of nitrogens with one attached hydrogen (secondary N) is 1. The van der Waals surface area contributed by atoms with E-state index in [-0.39, 0.29) is 5.56 Å². The second-order valence-corrected chi connectivity index (χ2v) is 9.14. The Morgan fingerprint density at radius 1 is 1.56 bits per heavy atom. The lowest BCUT2D eigenvalue weighted by molar-refractivity contribution is -0.119. The summed E-state index contributed by atoms with van der Waals surface area (Å²) in [6.45, 7) is 7.88. The fraction of sp³-hybridized carbons (Fsp3) is 0.444. The number of rotatable bonds is 5. The van der Waals surface area contributed by atoms with Gasteiger partial charge in [0, 0.05) is 11.4 Å². The Kier molecular flexibility index (Phi) is 5.71. The van der Waals surface area contributed by atoms with E-state index in [1.165, 1.54) is 4.88 Å². The van der Waals surface area contributed by atoms with Crippen LogP contribution in [-0.4, -0.2) is 26.7 Å². The van der Waals surface area contributed by atoms with E-state index in [1.54, 1.807) is 28.9 Å². The van der Waals surface area contributed by atoms with Gasteiger partial charge in [-0.05, 0) is 37.7 Å².